The van der Waals surface area contributed by atoms with E-state index >= 15 is 0 Å². The summed E-state index contributed by atoms with van der Waals surface area (Å²) in [4.78, 5) is 33.9. The van der Waals surface area contributed by atoms with Gasteiger partial charge in [0.15, 0.2) is 6.10 Å². The van der Waals surface area contributed by atoms with Crippen molar-refractivity contribution in [3.05, 3.63) is 96.1 Å². The number of quaternary nitrogens is 1. The molecule has 2 unspecified atom stereocenters. The molecular weight excluding hydrogens is 420 g/mol. The maximum absolute atomic E-state index is 13.4. The monoisotopic (exact) mass is 447 g/mol. The Bertz CT molecular complexity index is 1070. The van der Waals surface area contributed by atoms with Gasteiger partial charge in [0.2, 0.25) is 11.6 Å². The van der Waals surface area contributed by atoms with Crippen LogP contribution in [0, 0.1) is 0 Å². The number of aliphatic hydroxyl groups is 1. The van der Waals surface area contributed by atoms with Gasteiger partial charge in [0.1, 0.15) is 18.6 Å². The Balaban J connectivity index is 1.59. The van der Waals surface area contributed by atoms with Crippen LogP contribution >= 0.6 is 0 Å². The molecular formula is C25H27N4O4+. The number of nitrogens with two attached hydrogens (primary N) is 1. The normalized spacial score (nSPS) is 21.3. The summed E-state index contributed by atoms with van der Waals surface area (Å²) in [6, 6.07) is 18.4. The molecule has 3 atom stereocenters. The van der Waals surface area contributed by atoms with Crippen molar-refractivity contribution >= 4 is 11.9 Å². The highest BCUT2D eigenvalue weighted by Crippen LogP contribution is 2.35. The average molecular weight is 448 g/mol. The van der Waals surface area contributed by atoms with Gasteiger partial charge in [0.05, 0.1) is 13.6 Å². The lowest BCUT2D eigenvalue weighted by Crippen LogP contribution is -2.51. The molecule has 3 N–H and O–H groups in total. The first-order valence-corrected chi connectivity index (χ1v) is 10.8. The van der Waals surface area contributed by atoms with Crippen molar-refractivity contribution in [1.29, 1.82) is 0 Å². The minimum Gasteiger partial charge on any atom is -0.453 e. The summed E-state index contributed by atoms with van der Waals surface area (Å²) in [7, 11) is 1.89. The number of ether oxygens (including phenoxy) is 1. The number of likely N-dealkylation sites (N-methyl/N-ethyl adjacent to an activating group) is 1. The first kappa shape index (κ1) is 22.6. The van der Waals surface area contributed by atoms with Crippen LogP contribution in [-0.4, -0.2) is 57.7 Å². The van der Waals surface area contributed by atoms with E-state index in [4.69, 9.17) is 10.5 Å². The van der Waals surface area contributed by atoms with Gasteiger partial charge in [0.25, 0.3) is 5.91 Å². The Kier molecular flexibility index (Phi) is 6.22. The van der Waals surface area contributed by atoms with E-state index in [9.17, 15) is 14.7 Å². The smallest absolute Gasteiger partial charge is 0.348 e. The minimum atomic E-state index is -1.95. The summed E-state index contributed by atoms with van der Waals surface area (Å²) in [6.45, 7) is 0.924. The second-order valence-corrected chi connectivity index (χ2v) is 8.58. The van der Waals surface area contributed by atoms with Gasteiger partial charge < -0.3 is 20.1 Å². The number of amides is 1. The number of primary amides is 1. The third-order valence-electron chi connectivity index (χ3n) is 6.31. The SMILES string of the molecule is C[N+]1(C(C(N)=O)c2ccncn2)CC[C@@H](OC(=O)C(O)(c2ccccc2)c2ccccc2)C1. The van der Waals surface area contributed by atoms with Crippen LogP contribution in [0.1, 0.15) is 29.3 Å². The molecule has 170 valence electrons. The summed E-state index contributed by atoms with van der Waals surface area (Å²) in [5.74, 6) is -1.26. The Morgan fingerprint density at radius 1 is 1.09 bits per heavy atom. The molecule has 1 aliphatic heterocycles. The van der Waals surface area contributed by atoms with E-state index in [-0.39, 0.29) is 4.48 Å². The van der Waals surface area contributed by atoms with E-state index in [0.29, 0.717) is 36.3 Å². The molecule has 1 amide bonds. The molecule has 0 saturated carbocycles. The number of hydrogen-bond acceptors (Lipinski definition) is 6. The van der Waals surface area contributed by atoms with Gasteiger partial charge in [-0.3, -0.25) is 4.79 Å². The zero-order chi connectivity index (χ0) is 23.5. The molecule has 8 heteroatoms. The second kappa shape index (κ2) is 9.09. The van der Waals surface area contributed by atoms with Gasteiger partial charge in [-0.2, -0.15) is 0 Å². The van der Waals surface area contributed by atoms with E-state index in [1.807, 2.05) is 19.2 Å². The number of aromatic nitrogens is 2. The van der Waals surface area contributed by atoms with Gasteiger partial charge in [-0.25, -0.2) is 14.8 Å². The van der Waals surface area contributed by atoms with Crippen LogP contribution < -0.4 is 5.73 Å². The average Bonchev–Trinajstić information content (AvgIpc) is 3.20. The van der Waals surface area contributed by atoms with Crippen molar-refractivity contribution in [3.8, 4) is 0 Å². The first-order valence-electron chi connectivity index (χ1n) is 10.8. The molecule has 1 aliphatic rings. The molecule has 1 fully saturated rings. The molecule has 0 bridgehead atoms. The topological polar surface area (TPSA) is 115 Å². The zero-order valence-electron chi connectivity index (χ0n) is 18.4. The molecule has 33 heavy (non-hydrogen) atoms. The lowest BCUT2D eigenvalue weighted by Gasteiger charge is -2.35. The molecule has 2 aromatic carbocycles. The summed E-state index contributed by atoms with van der Waals surface area (Å²) in [5, 5.41) is 11.6. The first-order chi connectivity index (χ1) is 15.8. The summed E-state index contributed by atoms with van der Waals surface area (Å²) >= 11 is 0. The Morgan fingerprint density at radius 2 is 1.70 bits per heavy atom. The molecule has 1 saturated heterocycles. The van der Waals surface area contributed by atoms with Crippen molar-refractivity contribution in [2.75, 3.05) is 20.1 Å². The quantitative estimate of drug-likeness (QED) is 0.421. The maximum Gasteiger partial charge on any atom is 0.348 e. The molecule has 2 heterocycles. The highest BCUT2D eigenvalue weighted by molar-refractivity contribution is 5.85. The number of rotatable bonds is 7. The summed E-state index contributed by atoms with van der Waals surface area (Å²) in [5.41, 5.74) is 5.16. The van der Waals surface area contributed by atoms with E-state index in [1.165, 1.54) is 6.33 Å². The second-order valence-electron chi connectivity index (χ2n) is 8.58. The third kappa shape index (κ3) is 4.35. The van der Waals surface area contributed by atoms with Crippen LogP contribution in [0.15, 0.2) is 79.3 Å². The number of esters is 1. The molecule has 3 aromatic rings. The van der Waals surface area contributed by atoms with Gasteiger partial charge in [0, 0.05) is 12.6 Å². The highest BCUT2D eigenvalue weighted by atomic mass is 16.6. The van der Waals surface area contributed by atoms with Crippen molar-refractivity contribution in [1.82, 2.24) is 9.97 Å². The van der Waals surface area contributed by atoms with Crippen molar-refractivity contribution in [3.63, 3.8) is 0 Å². The fraction of sp³-hybridized carbons (Fsp3) is 0.280. The van der Waals surface area contributed by atoms with Crippen molar-refractivity contribution < 1.29 is 23.9 Å². The molecule has 0 aliphatic carbocycles. The molecule has 4 rings (SSSR count). The fourth-order valence-corrected chi connectivity index (χ4v) is 4.65. The Hall–Kier alpha value is -3.62. The Labute approximate surface area is 192 Å². The van der Waals surface area contributed by atoms with E-state index in [1.54, 1.807) is 60.8 Å². The van der Waals surface area contributed by atoms with Crippen LogP contribution in [0.5, 0.6) is 0 Å². The molecule has 8 nitrogen and oxygen atoms in total. The largest absolute Gasteiger partial charge is 0.453 e. The maximum atomic E-state index is 13.4. The van der Waals surface area contributed by atoms with Crippen LogP contribution in [0.2, 0.25) is 0 Å². The van der Waals surface area contributed by atoms with E-state index < -0.39 is 29.6 Å². The van der Waals surface area contributed by atoms with Crippen LogP contribution in [0.4, 0.5) is 0 Å². The lowest BCUT2D eigenvalue weighted by molar-refractivity contribution is -0.920. The van der Waals surface area contributed by atoms with Crippen LogP contribution in [-0.2, 0) is 19.9 Å². The number of nitrogens with zero attached hydrogens (tertiary/aromatic N) is 3. The van der Waals surface area contributed by atoms with E-state index in [2.05, 4.69) is 9.97 Å². The van der Waals surface area contributed by atoms with Crippen LogP contribution in [0.25, 0.3) is 0 Å². The number of carbonyl (C=O) groups excluding carboxylic acids is 2. The molecule has 0 radical (unpaired) electrons. The number of hydrogen-bond donors (Lipinski definition) is 2. The number of benzene rings is 2. The van der Waals surface area contributed by atoms with Gasteiger partial charge >= 0.3 is 5.97 Å². The lowest BCUT2D eigenvalue weighted by atomic mass is 9.86. The predicted octanol–water partition coefficient (Wildman–Crippen LogP) is 1.70. The molecule has 0 spiro atoms. The van der Waals surface area contributed by atoms with Gasteiger partial charge in [-0.1, -0.05) is 60.7 Å². The standard InChI is InChI=1S/C25H26N4O4/c1-29(22(23(26)30)21-12-14-27-17-28-21)15-13-20(16-29)33-24(31)25(32,18-8-4-2-5-9-18)19-10-6-3-7-11-19/h2-12,14,17,20,22,32H,13,15-16H2,1H3,(H-,26,30)/p+1/t20-,22?,29?/m1/s1. The zero-order valence-corrected chi connectivity index (χ0v) is 18.4. The third-order valence-corrected chi connectivity index (χ3v) is 6.31. The van der Waals surface area contributed by atoms with Crippen molar-refractivity contribution in [2.24, 2.45) is 5.73 Å². The summed E-state index contributed by atoms with van der Waals surface area (Å²) < 4.78 is 6.11. The van der Waals surface area contributed by atoms with Gasteiger partial charge in [-0.15, -0.1) is 0 Å². The van der Waals surface area contributed by atoms with E-state index in [0.717, 1.165) is 0 Å². The molecule has 1 aromatic heterocycles. The van der Waals surface area contributed by atoms with Crippen LogP contribution in [0.3, 0.4) is 0 Å². The number of carbonyl (C=O) groups is 2. The number of likely N-dealkylation sites (tertiary alicyclic amines) is 1. The highest BCUT2D eigenvalue weighted by Gasteiger charge is 2.49. The van der Waals surface area contributed by atoms with Crippen molar-refractivity contribution in [2.45, 2.75) is 24.2 Å². The van der Waals surface area contributed by atoms with Gasteiger partial charge in [-0.05, 0) is 17.2 Å². The predicted molar refractivity (Wildman–Crippen MR) is 120 cm³/mol. The fourth-order valence-electron chi connectivity index (χ4n) is 4.65. The Morgan fingerprint density at radius 3 is 2.21 bits per heavy atom. The minimum absolute atomic E-state index is 0.249. The summed E-state index contributed by atoms with van der Waals surface area (Å²) in [6.07, 6.45) is 2.98.